The number of rotatable bonds is 1. The van der Waals surface area contributed by atoms with Crippen LogP contribution in [0.3, 0.4) is 0 Å². The van der Waals surface area contributed by atoms with Gasteiger partial charge in [0, 0.05) is 5.41 Å². The molecule has 0 radical (unpaired) electrons. The van der Waals surface area contributed by atoms with Crippen LogP contribution < -0.4 is 6.15 Å². The zero-order valence-corrected chi connectivity index (χ0v) is 23.6. The molecule has 5 aliphatic carbocycles. The number of hydrogen-bond donors (Lipinski definition) is 5. The van der Waals surface area contributed by atoms with E-state index in [-0.39, 0.29) is 34.7 Å². The van der Waals surface area contributed by atoms with Crippen LogP contribution in [0.1, 0.15) is 93.4 Å². The molecule has 4 saturated carbocycles. The van der Waals surface area contributed by atoms with Crippen LogP contribution in [0.15, 0.2) is 11.6 Å². The number of allylic oxidation sites excluding steroid dienone is 2. The van der Waals surface area contributed by atoms with Crippen molar-refractivity contribution in [1.82, 2.24) is 6.15 Å². The van der Waals surface area contributed by atoms with Gasteiger partial charge >= 0.3 is 5.97 Å². The molecule has 5 aliphatic rings. The first-order valence-electron chi connectivity index (χ1n) is 14.1. The number of aliphatic carboxylic acids is 1. The minimum atomic E-state index is -1.16. The van der Waals surface area contributed by atoms with Gasteiger partial charge in [0.2, 0.25) is 0 Å². The summed E-state index contributed by atoms with van der Waals surface area (Å²) in [6, 6.07) is 0. The van der Waals surface area contributed by atoms with E-state index in [0.717, 1.165) is 44.9 Å². The molecule has 0 aromatic carbocycles. The maximum atomic E-state index is 12.8. The zero-order valence-electron chi connectivity index (χ0n) is 23.6. The molecule has 36 heavy (non-hydrogen) atoms. The third kappa shape index (κ3) is 3.02. The first-order chi connectivity index (χ1) is 16.1. The number of hydrogen-bond acceptors (Lipinski definition) is 5. The molecule has 4 fully saturated rings. The molecule has 0 spiro atoms. The van der Waals surface area contributed by atoms with Crippen molar-refractivity contribution in [3.05, 3.63) is 11.6 Å². The molecular formula is C30H51NO5. The topological polar surface area (TPSA) is 133 Å². The lowest BCUT2D eigenvalue weighted by atomic mass is 9.33. The van der Waals surface area contributed by atoms with Crippen LogP contribution in [0.25, 0.3) is 0 Å². The van der Waals surface area contributed by atoms with Crippen molar-refractivity contribution in [2.45, 2.75) is 112 Å². The molecule has 0 amide bonds. The van der Waals surface area contributed by atoms with Crippen molar-refractivity contribution >= 4 is 5.97 Å². The molecule has 12 atom stereocenters. The Morgan fingerprint density at radius 2 is 1.53 bits per heavy atom. The smallest absolute Gasteiger partial charge is 0.310 e. The van der Waals surface area contributed by atoms with E-state index in [9.17, 15) is 25.2 Å². The highest BCUT2D eigenvalue weighted by Gasteiger charge is 2.72. The minimum absolute atomic E-state index is 0. The van der Waals surface area contributed by atoms with Crippen LogP contribution in [-0.2, 0) is 4.79 Å². The highest BCUT2D eigenvalue weighted by atomic mass is 16.4. The van der Waals surface area contributed by atoms with Gasteiger partial charge in [-0.2, -0.15) is 0 Å². The van der Waals surface area contributed by atoms with Gasteiger partial charge in [-0.3, -0.25) is 4.79 Å². The van der Waals surface area contributed by atoms with E-state index in [0.29, 0.717) is 11.8 Å². The highest BCUT2D eigenvalue weighted by molar-refractivity contribution is 5.76. The van der Waals surface area contributed by atoms with Gasteiger partial charge in [-0.15, -0.1) is 0 Å². The Hall–Kier alpha value is -0.950. The largest absolute Gasteiger partial charge is 0.481 e. The summed E-state index contributed by atoms with van der Waals surface area (Å²) in [7, 11) is 0. The van der Waals surface area contributed by atoms with Crippen LogP contribution in [-0.4, -0.2) is 44.7 Å². The Labute approximate surface area is 217 Å². The van der Waals surface area contributed by atoms with Gasteiger partial charge in [0.1, 0.15) is 6.10 Å². The number of aliphatic hydroxyl groups excluding tert-OH is 3. The standard InChI is InChI=1S/C30H48O5.H3N/c1-16-10-13-30(25(34)35)15-14-27(5)18(21(30)17(16)2)8-9-20-28(27,6)12-11-19-26(3,4)23(32)22(31)24(33)29(19,20)7;/h8,16-17,19-24,31-33H,9-15H2,1-7H3,(H,34,35);1H3/t16-,17+,19+,20+,21+,22?,23+,24?,27-,28-,29+,30+;/m1./s1. The van der Waals surface area contributed by atoms with Gasteiger partial charge in [0.15, 0.2) is 0 Å². The summed E-state index contributed by atoms with van der Waals surface area (Å²) in [5, 5.41) is 44.0. The Balaban J connectivity index is 0.00000304. The Kier molecular flexibility index (Phi) is 6.45. The second-order valence-corrected chi connectivity index (χ2v) is 14.7. The fraction of sp³-hybridized carbons (Fsp3) is 0.900. The maximum Gasteiger partial charge on any atom is 0.310 e. The first-order valence-corrected chi connectivity index (χ1v) is 14.1. The van der Waals surface area contributed by atoms with E-state index in [4.69, 9.17) is 0 Å². The number of carboxylic acids is 1. The monoisotopic (exact) mass is 505 g/mol. The fourth-order valence-corrected chi connectivity index (χ4v) is 10.9. The molecule has 0 aromatic rings. The molecule has 0 saturated heterocycles. The molecule has 2 unspecified atom stereocenters. The number of fused-ring (bicyclic) bond motifs is 7. The predicted octanol–water partition coefficient (Wildman–Crippen LogP) is 5.19. The molecule has 5 rings (SSSR count). The lowest BCUT2D eigenvalue weighted by molar-refractivity contribution is -0.278. The Morgan fingerprint density at radius 1 is 0.889 bits per heavy atom. The number of carbonyl (C=O) groups is 1. The van der Waals surface area contributed by atoms with Gasteiger partial charge in [0.05, 0.1) is 17.6 Å². The van der Waals surface area contributed by atoms with Gasteiger partial charge in [-0.25, -0.2) is 0 Å². The summed E-state index contributed by atoms with van der Waals surface area (Å²) in [5.41, 5.74) is -0.536. The van der Waals surface area contributed by atoms with E-state index in [1.54, 1.807) is 0 Å². The molecule has 6 nitrogen and oxygen atoms in total. The molecule has 0 aliphatic heterocycles. The van der Waals surface area contributed by atoms with Crippen LogP contribution in [0, 0.1) is 56.7 Å². The Morgan fingerprint density at radius 3 is 2.14 bits per heavy atom. The zero-order chi connectivity index (χ0) is 25.9. The second-order valence-electron chi connectivity index (χ2n) is 14.7. The summed E-state index contributed by atoms with van der Waals surface area (Å²) in [6.45, 7) is 15.6. The summed E-state index contributed by atoms with van der Waals surface area (Å²) in [5.74, 6) is 0.545. The molecule has 0 heterocycles. The van der Waals surface area contributed by atoms with Crippen LogP contribution >= 0.6 is 0 Å². The summed E-state index contributed by atoms with van der Waals surface area (Å²) in [4.78, 5) is 12.8. The lowest BCUT2D eigenvalue weighted by Gasteiger charge is -2.72. The van der Waals surface area contributed by atoms with Crippen LogP contribution in [0.5, 0.6) is 0 Å². The van der Waals surface area contributed by atoms with E-state index in [1.165, 1.54) is 5.57 Å². The lowest BCUT2D eigenvalue weighted by Crippen LogP contribution is -2.72. The second kappa shape index (κ2) is 8.27. The molecule has 7 N–H and O–H groups in total. The van der Waals surface area contributed by atoms with E-state index in [2.05, 4.69) is 54.5 Å². The quantitative estimate of drug-likeness (QED) is 0.311. The average molecular weight is 506 g/mol. The van der Waals surface area contributed by atoms with Gasteiger partial charge < -0.3 is 26.6 Å². The van der Waals surface area contributed by atoms with Gasteiger partial charge in [0.25, 0.3) is 0 Å². The third-order valence-electron chi connectivity index (χ3n) is 13.5. The Bertz CT molecular complexity index is 948. The van der Waals surface area contributed by atoms with Gasteiger partial charge in [-0.1, -0.05) is 60.1 Å². The molecule has 206 valence electrons. The van der Waals surface area contributed by atoms with Crippen molar-refractivity contribution in [1.29, 1.82) is 0 Å². The predicted molar refractivity (Wildman–Crippen MR) is 140 cm³/mol. The van der Waals surface area contributed by atoms with E-state index < -0.39 is 40.5 Å². The summed E-state index contributed by atoms with van der Waals surface area (Å²) in [6.07, 6.45) is 5.34. The van der Waals surface area contributed by atoms with Crippen molar-refractivity contribution in [3.63, 3.8) is 0 Å². The maximum absolute atomic E-state index is 12.8. The summed E-state index contributed by atoms with van der Waals surface area (Å²) >= 11 is 0. The van der Waals surface area contributed by atoms with E-state index in [1.807, 2.05) is 0 Å². The van der Waals surface area contributed by atoms with Crippen LogP contribution in [0.2, 0.25) is 0 Å². The van der Waals surface area contributed by atoms with Crippen LogP contribution in [0.4, 0.5) is 0 Å². The fourth-order valence-electron chi connectivity index (χ4n) is 10.9. The van der Waals surface area contributed by atoms with E-state index >= 15 is 0 Å². The first kappa shape index (κ1) is 28.1. The SMILES string of the molecule is C[C@H]1[C@H](C)CC[C@]2(C(=O)O)CC[C@]3(C)C(=CC[C@@H]4[C@@]5(C)C(O)C(O)[C@H](O)C(C)(C)[C@@H]5CC[C@]43C)[C@H]12.N. The highest BCUT2D eigenvalue weighted by Crippen LogP contribution is 2.75. The normalized spacial score (nSPS) is 55.6. The molecule has 0 aromatic heterocycles. The third-order valence-corrected chi connectivity index (χ3v) is 13.5. The van der Waals surface area contributed by atoms with Crippen molar-refractivity contribution in [3.8, 4) is 0 Å². The molecule has 0 bridgehead atoms. The summed E-state index contributed by atoms with van der Waals surface area (Å²) < 4.78 is 0. The van der Waals surface area contributed by atoms with Crippen molar-refractivity contribution in [2.75, 3.05) is 0 Å². The molecule has 6 heteroatoms. The van der Waals surface area contributed by atoms with Crippen molar-refractivity contribution in [2.24, 2.45) is 56.7 Å². The minimum Gasteiger partial charge on any atom is -0.481 e. The van der Waals surface area contributed by atoms with Gasteiger partial charge in [-0.05, 0) is 90.8 Å². The average Bonchev–Trinajstić information content (AvgIpc) is 2.79. The molecular weight excluding hydrogens is 454 g/mol. The van der Waals surface area contributed by atoms with Crippen molar-refractivity contribution < 1.29 is 25.2 Å². The number of carboxylic acid groups (broad SMARTS) is 1. The number of aliphatic hydroxyl groups is 3.